The highest BCUT2D eigenvalue weighted by molar-refractivity contribution is 5.97. The summed E-state index contributed by atoms with van der Waals surface area (Å²) in [5, 5.41) is 26.2. The van der Waals surface area contributed by atoms with Crippen molar-refractivity contribution in [2.75, 3.05) is 0 Å². The first-order valence-electron chi connectivity index (χ1n) is 10.2. The van der Waals surface area contributed by atoms with Crippen LogP contribution in [0.25, 0.3) is 27.9 Å². The molecular weight excluding hydrogens is 434 g/mol. The van der Waals surface area contributed by atoms with Crippen LogP contribution in [-0.2, 0) is 6.54 Å². The number of pyridine rings is 1. The first kappa shape index (κ1) is 21.8. The van der Waals surface area contributed by atoms with Gasteiger partial charge in [0.2, 0.25) is 5.88 Å². The molecule has 0 unspecified atom stereocenters. The Balaban J connectivity index is 0.00000245. The van der Waals surface area contributed by atoms with Gasteiger partial charge in [0.15, 0.2) is 5.56 Å². The Morgan fingerprint density at radius 2 is 2.09 bits per heavy atom. The number of hydrogen-bond acceptors (Lipinski definition) is 6. The number of fused-ring (bicyclic) bond motifs is 2. The molecule has 0 saturated heterocycles. The van der Waals surface area contributed by atoms with Crippen molar-refractivity contribution < 1.29 is 9.90 Å². The summed E-state index contributed by atoms with van der Waals surface area (Å²) in [6, 6.07) is 3.54. The molecule has 11 heteroatoms. The average molecular weight is 458 g/mol. The molecule has 32 heavy (non-hydrogen) atoms. The van der Waals surface area contributed by atoms with Crippen molar-refractivity contribution in [3.8, 4) is 17.3 Å². The summed E-state index contributed by atoms with van der Waals surface area (Å²) in [6.45, 7) is 6.33. The van der Waals surface area contributed by atoms with E-state index in [1.165, 1.54) is 9.08 Å². The Bertz CT molecular complexity index is 1390. The Hall–Kier alpha value is -3.40. The maximum atomic E-state index is 13.3. The van der Waals surface area contributed by atoms with Crippen molar-refractivity contribution in [1.29, 1.82) is 0 Å². The fourth-order valence-electron chi connectivity index (χ4n) is 3.64. The van der Waals surface area contributed by atoms with Crippen molar-refractivity contribution >= 4 is 34.9 Å². The van der Waals surface area contributed by atoms with Crippen LogP contribution in [0, 0.1) is 5.41 Å². The third-order valence-corrected chi connectivity index (χ3v) is 5.23. The van der Waals surface area contributed by atoms with Crippen LogP contribution in [-0.4, -0.2) is 46.4 Å². The van der Waals surface area contributed by atoms with E-state index in [0.717, 1.165) is 23.7 Å². The molecule has 1 fully saturated rings. The molecule has 1 amide bonds. The molecule has 168 valence electrons. The second-order valence-electron chi connectivity index (χ2n) is 9.19. The molecule has 4 aromatic heterocycles. The van der Waals surface area contributed by atoms with E-state index in [2.05, 4.69) is 25.6 Å². The number of aromatic amines is 1. The molecule has 4 aromatic rings. The Morgan fingerprint density at radius 1 is 1.34 bits per heavy atom. The predicted molar refractivity (Wildman–Crippen MR) is 121 cm³/mol. The largest absolute Gasteiger partial charge is 0.492 e. The first-order valence-corrected chi connectivity index (χ1v) is 10.2. The van der Waals surface area contributed by atoms with Crippen LogP contribution in [0.3, 0.4) is 0 Å². The molecule has 0 radical (unpaired) electrons. The fraction of sp³-hybridized carbons (Fsp3) is 0.381. The number of nitrogens with zero attached hydrogens (tertiary/aromatic N) is 5. The van der Waals surface area contributed by atoms with Gasteiger partial charge in [-0.25, -0.2) is 0 Å². The van der Waals surface area contributed by atoms with Gasteiger partial charge in [0.1, 0.15) is 17.0 Å². The minimum Gasteiger partial charge on any atom is -0.492 e. The molecule has 0 aliphatic heterocycles. The van der Waals surface area contributed by atoms with E-state index in [4.69, 9.17) is 0 Å². The van der Waals surface area contributed by atoms with Crippen LogP contribution in [0.2, 0.25) is 0 Å². The van der Waals surface area contributed by atoms with Crippen molar-refractivity contribution in [1.82, 2.24) is 34.7 Å². The Morgan fingerprint density at radius 3 is 2.78 bits per heavy atom. The van der Waals surface area contributed by atoms with Crippen LogP contribution in [0.1, 0.15) is 44.0 Å². The zero-order valence-electron chi connectivity index (χ0n) is 17.9. The molecular formula is C21H24ClN7O3. The van der Waals surface area contributed by atoms with Gasteiger partial charge in [-0.15, -0.1) is 12.4 Å². The molecule has 0 spiro atoms. The minimum absolute atomic E-state index is 0. The van der Waals surface area contributed by atoms with Gasteiger partial charge in [-0.2, -0.15) is 14.7 Å². The van der Waals surface area contributed by atoms with Gasteiger partial charge in [-0.1, -0.05) is 20.8 Å². The SMILES string of the molecule is CC(C)(C)Cn1c(=O)c(C(=O)NC2CC2)c(O)n2nc(-c3n[nH]c4ccncc34)cc12.Cl. The molecule has 10 nitrogen and oxygen atoms in total. The predicted octanol–water partition coefficient (Wildman–Crippen LogP) is 2.50. The second-order valence-corrected chi connectivity index (χ2v) is 9.19. The van der Waals surface area contributed by atoms with E-state index in [1.54, 1.807) is 24.5 Å². The number of aromatic hydroxyl groups is 1. The Kier molecular flexibility index (Phi) is 5.20. The number of carbonyl (C=O) groups is 1. The quantitative estimate of drug-likeness (QED) is 0.431. The first-order chi connectivity index (χ1) is 14.7. The number of amides is 1. The van der Waals surface area contributed by atoms with Gasteiger partial charge in [0, 0.05) is 36.4 Å². The number of nitrogens with one attached hydrogen (secondary N) is 2. The van der Waals surface area contributed by atoms with Crippen LogP contribution in [0.15, 0.2) is 29.3 Å². The number of carbonyl (C=O) groups excluding carboxylic acids is 1. The highest BCUT2D eigenvalue weighted by Gasteiger charge is 2.30. The number of halogens is 1. The molecule has 1 saturated carbocycles. The standard InChI is InChI=1S/C21H23N7O3.ClH/c1-21(2,3)10-27-15-8-14(17-12-9-22-7-6-13(12)24-25-17)26-28(15)20(31)16(19(27)30)18(29)23-11-4-5-11;/h6-9,11,31H,4-5,10H2,1-3H3,(H,23,29)(H,24,25);1H. The lowest BCUT2D eigenvalue weighted by Crippen LogP contribution is -2.37. The molecule has 3 N–H and O–H groups in total. The zero-order chi connectivity index (χ0) is 21.9. The number of hydrogen-bond donors (Lipinski definition) is 3. The average Bonchev–Trinajstić information content (AvgIpc) is 3.24. The summed E-state index contributed by atoms with van der Waals surface area (Å²) in [5.41, 5.74) is 1.09. The van der Waals surface area contributed by atoms with E-state index < -0.39 is 17.3 Å². The molecule has 1 aliphatic rings. The monoisotopic (exact) mass is 457 g/mol. The van der Waals surface area contributed by atoms with Crippen LogP contribution >= 0.6 is 12.4 Å². The molecule has 4 heterocycles. The topological polar surface area (TPSA) is 130 Å². The summed E-state index contributed by atoms with van der Waals surface area (Å²) >= 11 is 0. The van der Waals surface area contributed by atoms with Crippen molar-refractivity contribution in [3.63, 3.8) is 0 Å². The second kappa shape index (κ2) is 7.63. The van der Waals surface area contributed by atoms with Gasteiger partial charge in [-0.05, 0) is 24.3 Å². The lowest BCUT2D eigenvalue weighted by atomic mass is 9.97. The molecule has 0 aromatic carbocycles. The van der Waals surface area contributed by atoms with E-state index in [1.807, 2.05) is 20.8 Å². The van der Waals surface area contributed by atoms with E-state index in [0.29, 0.717) is 23.6 Å². The highest BCUT2D eigenvalue weighted by Crippen LogP contribution is 2.29. The number of aromatic nitrogens is 6. The molecule has 1 aliphatic carbocycles. The van der Waals surface area contributed by atoms with Crippen LogP contribution in [0.5, 0.6) is 5.88 Å². The van der Waals surface area contributed by atoms with E-state index in [9.17, 15) is 14.7 Å². The molecule has 5 rings (SSSR count). The highest BCUT2D eigenvalue weighted by atomic mass is 35.5. The van der Waals surface area contributed by atoms with Gasteiger partial charge >= 0.3 is 0 Å². The smallest absolute Gasteiger partial charge is 0.270 e. The van der Waals surface area contributed by atoms with Crippen LogP contribution in [0.4, 0.5) is 0 Å². The third-order valence-electron chi connectivity index (χ3n) is 5.23. The zero-order valence-corrected chi connectivity index (χ0v) is 18.7. The molecule has 0 bridgehead atoms. The lowest BCUT2D eigenvalue weighted by molar-refractivity contribution is 0.0944. The van der Waals surface area contributed by atoms with Crippen LogP contribution < -0.4 is 10.9 Å². The third kappa shape index (κ3) is 3.70. The van der Waals surface area contributed by atoms with E-state index in [-0.39, 0.29) is 29.4 Å². The summed E-state index contributed by atoms with van der Waals surface area (Å²) in [7, 11) is 0. The number of rotatable bonds is 4. The van der Waals surface area contributed by atoms with Gasteiger partial charge < -0.3 is 10.4 Å². The van der Waals surface area contributed by atoms with Gasteiger partial charge in [0.25, 0.3) is 11.5 Å². The Labute approximate surface area is 189 Å². The van der Waals surface area contributed by atoms with Gasteiger partial charge in [0.05, 0.1) is 5.52 Å². The van der Waals surface area contributed by atoms with Gasteiger partial charge in [-0.3, -0.25) is 24.2 Å². The normalized spacial score (nSPS) is 14.0. The summed E-state index contributed by atoms with van der Waals surface area (Å²) < 4.78 is 2.73. The fourth-order valence-corrected chi connectivity index (χ4v) is 3.64. The number of H-pyrrole nitrogens is 1. The van der Waals surface area contributed by atoms with Crippen molar-refractivity contribution in [2.45, 2.75) is 46.2 Å². The maximum absolute atomic E-state index is 13.3. The van der Waals surface area contributed by atoms with Crippen molar-refractivity contribution in [3.05, 3.63) is 40.4 Å². The van der Waals surface area contributed by atoms with E-state index >= 15 is 0 Å². The summed E-state index contributed by atoms with van der Waals surface area (Å²) in [4.78, 5) is 30.2. The van der Waals surface area contributed by atoms with Crippen molar-refractivity contribution in [2.24, 2.45) is 5.41 Å². The maximum Gasteiger partial charge on any atom is 0.270 e. The molecule has 0 atom stereocenters. The summed E-state index contributed by atoms with van der Waals surface area (Å²) in [6.07, 6.45) is 5.08. The summed E-state index contributed by atoms with van der Waals surface area (Å²) in [5.74, 6) is -1.06. The minimum atomic E-state index is -0.582. The lowest BCUT2D eigenvalue weighted by Gasteiger charge is -2.21.